The third-order valence-electron chi connectivity index (χ3n) is 3.93. The maximum absolute atomic E-state index is 12.7. The van der Waals surface area contributed by atoms with Crippen LogP contribution in [-0.2, 0) is 19.9 Å². The van der Waals surface area contributed by atoms with E-state index in [0.29, 0.717) is 18.7 Å². The summed E-state index contributed by atoms with van der Waals surface area (Å²) in [6, 6.07) is 8.78. The number of benzene rings is 1. The quantitative estimate of drug-likeness (QED) is 0.774. The first-order chi connectivity index (χ1) is 11.8. The molecule has 134 valence electrons. The summed E-state index contributed by atoms with van der Waals surface area (Å²) in [4.78, 5) is 4.12. The van der Waals surface area contributed by atoms with Crippen LogP contribution in [0.15, 0.2) is 58.6 Å². The van der Waals surface area contributed by atoms with E-state index in [2.05, 4.69) is 4.98 Å². The predicted octanol–water partition coefficient (Wildman–Crippen LogP) is 1.33. The number of nitrogens with zero attached hydrogens (tertiary/aromatic N) is 2. The first-order valence-corrected chi connectivity index (χ1v) is 11.0. The largest absolute Gasteiger partial charge is 0.487 e. The Morgan fingerprint density at radius 1 is 1.08 bits per heavy atom. The Morgan fingerprint density at radius 3 is 2.36 bits per heavy atom. The number of sulfone groups is 1. The van der Waals surface area contributed by atoms with Crippen molar-refractivity contribution in [2.45, 2.75) is 22.3 Å². The highest BCUT2D eigenvalue weighted by Gasteiger charge is 2.33. The lowest BCUT2D eigenvalue weighted by Gasteiger charge is -2.17. The third kappa shape index (κ3) is 4.00. The Hall–Kier alpha value is -1.97. The van der Waals surface area contributed by atoms with Crippen molar-refractivity contribution in [3.05, 3.63) is 48.8 Å². The molecule has 9 heteroatoms. The molecule has 7 nitrogen and oxygen atoms in total. The van der Waals surface area contributed by atoms with Gasteiger partial charge < -0.3 is 4.74 Å². The fourth-order valence-corrected chi connectivity index (χ4v) is 4.75. The molecule has 0 aliphatic carbocycles. The lowest BCUT2D eigenvalue weighted by Crippen LogP contribution is -2.31. The molecular formula is C16H18N2O5S2. The number of sulfonamides is 1. The van der Waals surface area contributed by atoms with Crippen molar-refractivity contribution in [1.82, 2.24) is 9.29 Å². The minimum absolute atomic E-state index is 0.0712. The number of hydrogen-bond acceptors (Lipinski definition) is 6. The van der Waals surface area contributed by atoms with Gasteiger partial charge in [0.1, 0.15) is 11.9 Å². The van der Waals surface area contributed by atoms with Crippen molar-refractivity contribution in [2.24, 2.45) is 0 Å². The maximum atomic E-state index is 12.7. The second-order valence-corrected chi connectivity index (χ2v) is 9.78. The Kier molecular flexibility index (Phi) is 4.81. The minimum Gasteiger partial charge on any atom is -0.487 e. The van der Waals surface area contributed by atoms with Crippen molar-refractivity contribution in [1.29, 1.82) is 0 Å². The number of hydrogen-bond donors (Lipinski definition) is 0. The second kappa shape index (κ2) is 6.74. The molecule has 1 aromatic heterocycles. The van der Waals surface area contributed by atoms with Gasteiger partial charge in [0.25, 0.3) is 0 Å². The molecule has 1 aliphatic heterocycles. The lowest BCUT2D eigenvalue weighted by atomic mass is 10.3. The van der Waals surface area contributed by atoms with E-state index in [0.717, 1.165) is 6.26 Å². The van der Waals surface area contributed by atoms with Crippen molar-refractivity contribution >= 4 is 19.9 Å². The normalized spacial score (nSPS) is 19.0. The van der Waals surface area contributed by atoms with Gasteiger partial charge in [0.15, 0.2) is 9.84 Å². The summed E-state index contributed by atoms with van der Waals surface area (Å²) in [5.74, 6) is 0.601. The van der Waals surface area contributed by atoms with Gasteiger partial charge in [0, 0.05) is 19.0 Å². The molecule has 0 spiro atoms. The molecular weight excluding hydrogens is 364 g/mol. The average molecular weight is 382 g/mol. The molecule has 1 aromatic carbocycles. The van der Waals surface area contributed by atoms with Crippen molar-refractivity contribution in [3.63, 3.8) is 0 Å². The smallest absolute Gasteiger partial charge is 0.243 e. The summed E-state index contributed by atoms with van der Waals surface area (Å²) < 4.78 is 55.5. The maximum Gasteiger partial charge on any atom is 0.243 e. The summed E-state index contributed by atoms with van der Waals surface area (Å²) in [7, 11) is -7.05. The fraction of sp³-hybridized carbons (Fsp3) is 0.312. The molecule has 3 rings (SSSR count). The molecule has 1 aliphatic rings. The van der Waals surface area contributed by atoms with Gasteiger partial charge in [-0.25, -0.2) is 16.8 Å². The summed E-state index contributed by atoms with van der Waals surface area (Å²) >= 11 is 0. The Morgan fingerprint density at radius 2 is 1.76 bits per heavy atom. The number of pyridine rings is 1. The van der Waals surface area contributed by atoms with Gasteiger partial charge in [-0.15, -0.1) is 0 Å². The molecule has 0 unspecified atom stereocenters. The van der Waals surface area contributed by atoms with Crippen molar-refractivity contribution in [3.8, 4) is 5.75 Å². The van der Waals surface area contributed by atoms with Crippen molar-refractivity contribution < 1.29 is 21.6 Å². The molecule has 0 amide bonds. The first kappa shape index (κ1) is 17.8. The highest BCUT2D eigenvalue weighted by molar-refractivity contribution is 7.90. The second-order valence-electron chi connectivity index (χ2n) is 5.82. The van der Waals surface area contributed by atoms with E-state index in [9.17, 15) is 16.8 Å². The zero-order valence-electron chi connectivity index (χ0n) is 13.6. The molecule has 2 aromatic rings. The minimum atomic E-state index is -3.68. The zero-order valence-corrected chi connectivity index (χ0v) is 15.2. The molecule has 1 fully saturated rings. The Labute approximate surface area is 147 Å². The van der Waals surface area contributed by atoms with E-state index in [4.69, 9.17) is 4.74 Å². The monoisotopic (exact) mass is 382 g/mol. The van der Waals surface area contributed by atoms with Crippen LogP contribution in [0.3, 0.4) is 0 Å². The van der Waals surface area contributed by atoms with Gasteiger partial charge in [-0.2, -0.15) is 4.31 Å². The molecule has 0 N–H and O–H groups in total. The van der Waals surface area contributed by atoms with E-state index < -0.39 is 19.9 Å². The van der Waals surface area contributed by atoms with E-state index in [1.54, 1.807) is 24.5 Å². The number of aromatic nitrogens is 1. The van der Waals surface area contributed by atoms with Gasteiger partial charge in [0.05, 0.1) is 22.5 Å². The van der Waals surface area contributed by atoms with Crippen molar-refractivity contribution in [2.75, 3.05) is 19.3 Å². The zero-order chi connectivity index (χ0) is 18.1. The Balaban J connectivity index is 1.73. The van der Waals surface area contributed by atoms with Crippen LogP contribution in [0.25, 0.3) is 0 Å². The van der Waals surface area contributed by atoms with E-state index >= 15 is 0 Å². The van der Waals surface area contributed by atoms with Crippen LogP contribution in [-0.4, -0.2) is 51.6 Å². The van der Waals surface area contributed by atoms with Crippen LogP contribution in [0, 0.1) is 0 Å². The van der Waals surface area contributed by atoms with Gasteiger partial charge in [-0.3, -0.25) is 4.98 Å². The number of rotatable bonds is 5. The lowest BCUT2D eigenvalue weighted by molar-refractivity contribution is 0.214. The third-order valence-corrected chi connectivity index (χ3v) is 6.94. The van der Waals surface area contributed by atoms with Gasteiger partial charge >= 0.3 is 0 Å². The highest BCUT2D eigenvalue weighted by atomic mass is 32.2. The van der Waals surface area contributed by atoms with E-state index in [1.807, 2.05) is 0 Å². The highest BCUT2D eigenvalue weighted by Crippen LogP contribution is 2.24. The van der Waals surface area contributed by atoms with Crippen LogP contribution >= 0.6 is 0 Å². The average Bonchev–Trinajstić information content (AvgIpc) is 3.04. The van der Waals surface area contributed by atoms with Crippen LogP contribution in [0.4, 0.5) is 0 Å². The predicted molar refractivity (Wildman–Crippen MR) is 91.6 cm³/mol. The van der Waals surface area contributed by atoms with Gasteiger partial charge in [-0.1, -0.05) is 0 Å². The topological polar surface area (TPSA) is 93.6 Å². The summed E-state index contributed by atoms with van der Waals surface area (Å²) in [6.07, 6.45) is 4.64. The molecule has 1 atom stereocenters. The summed E-state index contributed by atoms with van der Waals surface area (Å²) in [6.45, 7) is 0.589. The molecule has 1 saturated heterocycles. The first-order valence-electron chi connectivity index (χ1n) is 7.64. The van der Waals surface area contributed by atoms with Crippen LogP contribution in [0.5, 0.6) is 5.75 Å². The molecule has 0 radical (unpaired) electrons. The van der Waals surface area contributed by atoms with Gasteiger partial charge in [0.2, 0.25) is 10.0 Å². The summed E-state index contributed by atoms with van der Waals surface area (Å²) in [5.41, 5.74) is 0. The SMILES string of the molecule is CS(=O)(=O)c1ccc(S(=O)(=O)N2CC[C@H](Oc3cccnc3)C2)cc1. The number of ether oxygens (including phenoxy) is 1. The van der Waals surface area contributed by atoms with Crippen LogP contribution in [0.2, 0.25) is 0 Å². The standard InChI is InChI=1S/C16H18N2O5S2/c1-24(19,20)15-4-6-16(7-5-15)25(21,22)18-10-8-14(12-18)23-13-3-2-9-17-11-13/h2-7,9,11,14H,8,10,12H2,1H3/t14-/m0/s1. The van der Waals surface area contributed by atoms with E-state index in [-0.39, 0.29) is 22.4 Å². The molecule has 2 heterocycles. The summed E-state index contributed by atoms with van der Waals surface area (Å²) in [5, 5.41) is 0. The molecule has 25 heavy (non-hydrogen) atoms. The van der Waals surface area contributed by atoms with Crippen LogP contribution in [0.1, 0.15) is 6.42 Å². The Bertz CT molecular complexity index is 942. The van der Waals surface area contributed by atoms with E-state index in [1.165, 1.54) is 28.6 Å². The molecule has 0 saturated carbocycles. The molecule has 0 bridgehead atoms. The fourth-order valence-electron chi connectivity index (χ4n) is 2.63. The van der Waals surface area contributed by atoms with Gasteiger partial charge in [-0.05, 0) is 42.8 Å². The van der Waals surface area contributed by atoms with Crippen LogP contribution < -0.4 is 4.74 Å².